The lowest BCUT2D eigenvalue weighted by Crippen LogP contribution is -2.49. The number of Topliss-reactive ketones (excluding diaryl/α,β-unsaturated/α-hetero) is 1. The number of ether oxygens (including phenoxy) is 1. The molecule has 1 unspecified atom stereocenters. The van der Waals surface area contributed by atoms with Crippen molar-refractivity contribution in [1.29, 1.82) is 0 Å². The molecule has 2 rings (SSSR count). The number of nitrogens with two attached hydrogens (primary N) is 1. The maximum absolute atomic E-state index is 12.9. The highest BCUT2D eigenvalue weighted by atomic mass is 35.5. The molecule has 1 fully saturated rings. The number of ketones is 1. The van der Waals surface area contributed by atoms with Crippen molar-refractivity contribution in [2.24, 2.45) is 23.5 Å². The minimum absolute atomic E-state index is 0. The summed E-state index contributed by atoms with van der Waals surface area (Å²) in [5.74, 6) is -4.75. The first-order valence-corrected chi connectivity index (χ1v) is 9.68. The van der Waals surface area contributed by atoms with Crippen molar-refractivity contribution in [3.8, 4) is 0 Å². The summed E-state index contributed by atoms with van der Waals surface area (Å²) in [6.45, 7) is 5.00. The smallest absolute Gasteiger partial charge is 0.337 e. The van der Waals surface area contributed by atoms with E-state index in [1.54, 1.807) is 38.1 Å². The first-order chi connectivity index (χ1) is 14.1. The first kappa shape index (κ1) is 26.3. The number of rotatable bonds is 8. The lowest BCUT2D eigenvalue weighted by atomic mass is 9.85. The number of methoxy groups -OCH3 is 1. The number of carbonyl (C=O) groups excluding carboxylic acids is 5. The molecule has 0 spiro atoms. The van der Waals surface area contributed by atoms with E-state index in [1.165, 1.54) is 14.0 Å². The predicted octanol–water partition coefficient (Wildman–Crippen LogP) is 0.903. The molecule has 0 radical (unpaired) electrons. The molecule has 1 aromatic carbocycles. The molecular weight excluding hydrogens is 426 g/mol. The van der Waals surface area contributed by atoms with E-state index in [0.29, 0.717) is 11.1 Å². The number of carbonyl (C=O) groups is 5. The standard InChI is InChI=1S/C21H27N3O6.ClH/c1-10(2)17(18(26)16-11(3)19(27)24-20(16)28)23-15(25)9-14(22)12-5-7-13(8-6-12)21(29)30-4;/h5-8,10-11,14,16-17H,9,22H2,1-4H3,(H,23,25)(H,24,27,28);1H/t11-,14?,16+,17-;/m0./s1. The van der Waals surface area contributed by atoms with Crippen LogP contribution in [-0.4, -0.2) is 42.6 Å². The third kappa shape index (κ3) is 6.11. The number of benzene rings is 1. The molecule has 31 heavy (non-hydrogen) atoms. The number of hydrogen-bond acceptors (Lipinski definition) is 7. The Labute approximate surface area is 186 Å². The summed E-state index contributed by atoms with van der Waals surface area (Å²) in [6, 6.07) is 4.79. The van der Waals surface area contributed by atoms with Gasteiger partial charge in [-0.05, 0) is 23.6 Å². The second kappa shape index (κ2) is 11.0. The van der Waals surface area contributed by atoms with Gasteiger partial charge in [-0.15, -0.1) is 12.4 Å². The van der Waals surface area contributed by atoms with E-state index in [4.69, 9.17) is 5.73 Å². The van der Waals surface area contributed by atoms with E-state index < -0.39 is 53.4 Å². The summed E-state index contributed by atoms with van der Waals surface area (Å²) < 4.78 is 4.64. The van der Waals surface area contributed by atoms with Crippen LogP contribution in [-0.2, 0) is 23.9 Å². The van der Waals surface area contributed by atoms with Crippen LogP contribution < -0.4 is 16.4 Å². The Morgan fingerprint density at radius 1 is 1.13 bits per heavy atom. The van der Waals surface area contributed by atoms with Gasteiger partial charge in [-0.3, -0.25) is 24.5 Å². The molecule has 4 N–H and O–H groups in total. The van der Waals surface area contributed by atoms with E-state index in [9.17, 15) is 24.0 Å². The van der Waals surface area contributed by atoms with Crippen LogP contribution in [0.4, 0.5) is 0 Å². The first-order valence-electron chi connectivity index (χ1n) is 9.68. The van der Waals surface area contributed by atoms with Gasteiger partial charge >= 0.3 is 5.97 Å². The molecular formula is C21H28ClN3O6. The number of nitrogens with one attached hydrogen (secondary N) is 2. The summed E-state index contributed by atoms with van der Waals surface area (Å²) in [7, 11) is 1.28. The van der Waals surface area contributed by atoms with Crippen LogP contribution in [0.3, 0.4) is 0 Å². The van der Waals surface area contributed by atoms with Crippen molar-refractivity contribution in [3.63, 3.8) is 0 Å². The third-order valence-corrected chi connectivity index (χ3v) is 5.20. The van der Waals surface area contributed by atoms with Gasteiger partial charge in [0.15, 0.2) is 5.78 Å². The zero-order chi connectivity index (χ0) is 22.6. The van der Waals surface area contributed by atoms with Gasteiger partial charge in [-0.2, -0.15) is 0 Å². The number of amides is 3. The Kier molecular flexibility index (Phi) is 9.33. The van der Waals surface area contributed by atoms with E-state index >= 15 is 0 Å². The van der Waals surface area contributed by atoms with Crippen LogP contribution in [0.2, 0.25) is 0 Å². The molecule has 0 aliphatic carbocycles. The number of hydrogen-bond donors (Lipinski definition) is 3. The van der Waals surface area contributed by atoms with Crippen molar-refractivity contribution in [3.05, 3.63) is 35.4 Å². The van der Waals surface area contributed by atoms with E-state index in [1.807, 2.05) is 0 Å². The molecule has 1 aliphatic rings. The molecule has 3 amide bonds. The highest BCUT2D eigenvalue weighted by Crippen LogP contribution is 2.23. The SMILES string of the molecule is COC(=O)c1ccc(C(N)CC(=O)N[C@H](C(=O)[C@@H]2C(=O)NC(=O)[C@H]2C)C(C)C)cc1.Cl. The van der Waals surface area contributed by atoms with Crippen molar-refractivity contribution in [2.75, 3.05) is 7.11 Å². The average Bonchev–Trinajstić information content (AvgIpc) is 2.96. The van der Waals surface area contributed by atoms with Gasteiger partial charge in [-0.1, -0.05) is 32.9 Å². The molecule has 0 bridgehead atoms. The second-order valence-electron chi connectivity index (χ2n) is 7.74. The Balaban J connectivity index is 0.00000480. The number of esters is 1. The summed E-state index contributed by atoms with van der Waals surface area (Å²) in [4.78, 5) is 60.6. The predicted molar refractivity (Wildman–Crippen MR) is 114 cm³/mol. The van der Waals surface area contributed by atoms with Gasteiger partial charge in [0.25, 0.3) is 0 Å². The fraction of sp³-hybridized carbons (Fsp3) is 0.476. The Bertz CT molecular complexity index is 855. The van der Waals surface area contributed by atoms with Gasteiger partial charge in [0.05, 0.1) is 24.6 Å². The lowest BCUT2D eigenvalue weighted by molar-refractivity contribution is -0.137. The van der Waals surface area contributed by atoms with Crippen LogP contribution in [0.15, 0.2) is 24.3 Å². The van der Waals surface area contributed by atoms with Crippen LogP contribution >= 0.6 is 12.4 Å². The van der Waals surface area contributed by atoms with E-state index in [0.717, 1.165) is 0 Å². The second-order valence-corrected chi connectivity index (χ2v) is 7.74. The van der Waals surface area contributed by atoms with Crippen molar-refractivity contribution < 1.29 is 28.7 Å². The maximum atomic E-state index is 12.9. The summed E-state index contributed by atoms with van der Waals surface area (Å²) in [5, 5.41) is 4.81. The molecule has 0 aromatic heterocycles. The van der Waals surface area contributed by atoms with E-state index in [-0.39, 0.29) is 24.7 Å². The monoisotopic (exact) mass is 453 g/mol. The Morgan fingerprint density at radius 2 is 1.71 bits per heavy atom. The van der Waals surface area contributed by atoms with Gasteiger partial charge < -0.3 is 15.8 Å². The molecule has 9 nitrogen and oxygen atoms in total. The summed E-state index contributed by atoms with van der Waals surface area (Å²) >= 11 is 0. The number of imide groups is 1. The van der Waals surface area contributed by atoms with Gasteiger partial charge in [-0.25, -0.2) is 4.79 Å². The molecule has 10 heteroatoms. The zero-order valence-corrected chi connectivity index (χ0v) is 18.7. The summed E-state index contributed by atoms with van der Waals surface area (Å²) in [5.41, 5.74) is 7.10. The zero-order valence-electron chi connectivity index (χ0n) is 17.8. The van der Waals surface area contributed by atoms with Crippen LogP contribution in [0.25, 0.3) is 0 Å². The Hall–Kier alpha value is -2.78. The van der Waals surface area contributed by atoms with Crippen molar-refractivity contribution in [1.82, 2.24) is 10.6 Å². The van der Waals surface area contributed by atoms with Crippen LogP contribution in [0.5, 0.6) is 0 Å². The largest absolute Gasteiger partial charge is 0.465 e. The Morgan fingerprint density at radius 3 is 2.16 bits per heavy atom. The van der Waals surface area contributed by atoms with Crippen LogP contribution in [0.1, 0.15) is 49.2 Å². The minimum Gasteiger partial charge on any atom is -0.465 e. The highest BCUT2D eigenvalue weighted by molar-refractivity contribution is 6.16. The molecule has 1 aliphatic heterocycles. The molecule has 1 saturated heterocycles. The molecule has 4 atom stereocenters. The summed E-state index contributed by atoms with van der Waals surface area (Å²) in [6.07, 6.45) is -0.0978. The van der Waals surface area contributed by atoms with Crippen molar-refractivity contribution >= 4 is 41.9 Å². The van der Waals surface area contributed by atoms with Gasteiger partial charge in [0.1, 0.15) is 5.92 Å². The lowest BCUT2D eigenvalue weighted by Gasteiger charge is -2.25. The minimum atomic E-state index is -1.12. The quantitative estimate of drug-likeness (QED) is 0.301. The normalized spacial score (nSPS) is 19.8. The average molecular weight is 454 g/mol. The highest BCUT2D eigenvalue weighted by Gasteiger charge is 2.46. The number of halogens is 1. The topological polar surface area (TPSA) is 145 Å². The van der Waals surface area contributed by atoms with Crippen LogP contribution in [0, 0.1) is 17.8 Å². The third-order valence-electron chi connectivity index (χ3n) is 5.20. The fourth-order valence-corrected chi connectivity index (χ4v) is 3.36. The van der Waals surface area contributed by atoms with E-state index in [2.05, 4.69) is 15.4 Å². The molecule has 170 valence electrons. The van der Waals surface area contributed by atoms with Gasteiger partial charge in [0, 0.05) is 12.5 Å². The molecule has 1 aromatic rings. The fourth-order valence-electron chi connectivity index (χ4n) is 3.36. The molecule has 0 saturated carbocycles. The molecule has 1 heterocycles. The van der Waals surface area contributed by atoms with Gasteiger partial charge in [0.2, 0.25) is 17.7 Å². The van der Waals surface area contributed by atoms with Crippen molar-refractivity contribution in [2.45, 2.75) is 39.3 Å². The maximum Gasteiger partial charge on any atom is 0.337 e.